The molecule has 0 spiro atoms. The zero-order chi connectivity index (χ0) is 6.69. The topological polar surface area (TPSA) is 45.0 Å². The van der Waals surface area contributed by atoms with Crippen LogP contribution in [-0.2, 0) is 0 Å². The molecule has 1 N–H and O–H groups in total. The zero-order valence-corrected chi connectivity index (χ0v) is 5.41. The van der Waals surface area contributed by atoms with Crippen LogP contribution in [0.15, 0.2) is 9.98 Å². The van der Waals surface area contributed by atoms with E-state index in [1.54, 1.807) is 6.21 Å². The van der Waals surface area contributed by atoms with E-state index in [0.29, 0.717) is 12.5 Å². The number of aliphatic hydroxyl groups excluding tert-OH is 1. The summed E-state index contributed by atoms with van der Waals surface area (Å²) in [6.45, 7) is 0.686. The fraction of sp³-hybridized carbons (Fsp3) is 0.600. The Morgan fingerprint density at radius 1 is 1.89 bits per heavy atom. The Bertz CT molecular complexity index is 155. The van der Waals surface area contributed by atoms with E-state index < -0.39 is 0 Å². The fourth-order valence-corrected chi connectivity index (χ4v) is 0.693. The van der Waals surface area contributed by atoms with Gasteiger partial charge in [0.25, 0.3) is 0 Å². The molecule has 0 aromatic heterocycles. The van der Waals surface area contributed by atoms with Crippen LogP contribution in [-0.4, -0.2) is 31.7 Å². The van der Waals surface area contributed by atoms with Crippen LogP contribution in [0.1, 0.15) is 0 Å². The van der Waals surface area contributed by atoms with Gasteiger partial charge < -0.3 is 5.11 Å². The van der Waals surface area contributed by atoms with Crippen LogP contribution in [0.25, 0.3) is 0 Å². The Morgan fingerprint density at radius 3 is 3.11 bits per heavy atom. The molecule has 3 nitrogen and oxygen atoms in total. The van der Waals surface area contributed by atoms with Crippen molar-refractivity contribution in [2.45, 2.75) is 6.32 Å². The van der Waals surface area contributed by atoms with E-state index in [-0.39, 0.29) is 6.02 Å². The lowest BCUT2D eigenvalue weighted by Crippen LogP contribution is -2.13. The van der Waals surface area contributed by atoms with Gasteiger partial charge in [0.15, 0.2) is 0 Å². The smallest absolute Gasteiger partial charge is 0.308 e. The molecule has 0 saturated carbocycles. The number of amidine groups is 1. The van der Waals surface area contributed by atoms with E-state index in [0.717, 1.165) is 6.32 Å². The lowest BCUT2D eigenvalue weighted by Gasteiger charge is -2.08. The predicted molar refractivity (Wildman–Crippen MR) is 40.3 cm³/mol. The first-order chi connectivity index (χ1) is 4.33. The van der Waals surface area contributed by atoms with Crippen LogP contribution in [0.4, 0.5) is 0 Å². The highest BCUT2D eigenvalue weighted by atomic mass is 16.3. The van der Waals surface area contributed by atoms with Crippen molar-refractivity contribution in [3.05, 3.63) is 0 Å². The van der Waals surface area contributed by atoms with Crippen LogP contribution in [0, 0.1) is 5.92 Å². The third-order valence-corrected chi connectivity index (χ3v) is 1.39. The van der Waals surface area contributed by atoms with Crippen molar-refractivity contribution in [1.82, 2.24) is 0 Å². The molecule has 0 aromatic rings. The molecule has 0 radical (unpaired) electrons. The number of hydrogen-bond acceptors (Lipinski definition) is 2. The molecule has 4 heteroatoms. The average Bonchev–Trinajstić information content (AvgIpc) is 1.90. The lowest BCUT2D eigenvalue weighted by atomic mass is 9.92. The number of rotatable bonds is 1. The highest BCUT2D eigenvalue weighted by Crippen LogP contribution is 2.02. The maximum Gasteiger partial charge on any atom is 0.308 e. The molecule has 1 rings (SSSR count). The van der Waals surface area contributed by atoms with Gasteiger partial charge in [-0.15, -0.1) is 0 Å². The Kier molecular flexibility index (Phi) is 1.87. The molecule has 48 valence electrons. The molecule has 0 aliphatic carbocycles. The van der Waals surface area contributed by atoms with Gasteiger partial charge in [0.1, 0.15) is 7.85 Å². The van der Waals surface area contributed by atoms with Crippen LogP contribution >= 0.6 is 0 Å². The second kappa shape index (κ2) is 2.66. The standard InChI is InChI=1S/C5H9BN2O/c6-1-4-2-7-5(9)8-3-4/h2,4H,1,3,6H2,(H,8,9). The number of nitrogens with zero attached hydrogens (tertiary/aromatic N) is 2. The average molecular weight is 124 g/mol. The SMILES string of the molecule is BCC1C=NC(O)=NC1. The van der Waals surface area contributed by atoms with Gasteiger partial charge in [-0.2, -0.15) is 0 Å². The van der Waals surface area contributed by atoms with Crippen molar-refractivity contribution < 1.29 is 5.11 Å². The molecule has 1 aliphatic heterocycles. The fourth-order valence-electron chi connectivity index (χ4n) is 0.693. The maximum atomic E-state index is 8.67. The van der Waals surface area contributed by atoms with E-state index >= 15 is 0 Å². The minimum Gasteiger partial charge on any atom is -0.479 e. The number of aliphatic hydroxyl groups is 1. The van der Waals surface area contributed by atoms with Gasteiger partial charge in [0, 0.05) is 12.1 Å². The van der Waals surface area contributed by atoms with Crippen LogP contribution < -0.4 is 0 Å². The van der Waals surface area contributed by atoms with Crippen LogP contribution in [0.3, 0.4) is 0 Å². The summed E-state index contributed by atoms with van der Waals surface area (Å²) in [5.74, 6) is 0.431. The molecular weight excluding hydrogens is 115 g/mol. The summed E-state index contributed by atoms with van der Waals surface area (Å²) in [6.07, 6.45) is 2.79. The second-order valence-electron chi connectivity index (χ2n) is 2.09. The summed E-state index contributed by atoms with van der Waals surface area (Å²) >= 11 is 0. The van der Waals surface area contributed by atoms with Gasteiger partial charge in [0.05, 0.1) is 6.54 Å². The quantitative estimate of drug-likeness (QED) is 0.477. The molecular formula is C5H9BN2O. The molecule has 0 aromatic carbocycles. The van der Waals surface area contributed by atoms with E-state index in [9.17, 15) is 0 Å². The number of hydrogen-bond donors (Lipinski definition) is 1. The van der Waals surface area contributed by atoms with Crippen molar-refractivity contribution in [3.63, 3.8) is 0 Å². The molecule has 1 atom stereocenters. The van der Waals surface area contributed by atoms with Crippen molar-refractivity contribution in [3.8, 4) is 0 Å². The molecule has 0 bridgehead atoms. The van der Waals surface area contributed by atoms with Gasteiger partial charge in [-0.05, 0) is 0 Å². The molecule has 1 aliphatic rings. The number of aliphatic imine (C=N–C) groups is 2. The summed E-state index contributed by atoms with van der Waals surface area (Å²) in [6, 6.07) is -0.0836. The van der Waals surface area contributed by atoms with Crippen molar-refractivity contribution in [2.75, 3.05) is 6.54 Å². The third kappa shape index (κ3) is 1.55. The van der Waals surface area contributed by atoms with Crippen molar-refractivity contribution >= 4 is 20.1 Å². The molecule has 0 saturated heterocycles. The Hall–Kier alpha value is -0.795. The monoisotopic (exact) mass is 124 g/mol. The Morgan fingerprint density at radius 2 is 2.67 bits per heavy atom. The van der Waals surface area contributed by atoms with Crippen LogP contribution in [0.5, 0.6) is 0 Å². The summed E-state index contributed by atoms with van der Waals surface area (Å²) < 4.78 is 0. The Labute approximate surface area is 54.9 Å². The summed E-state index contributed by atoms with van der Waals surface area (Å²) in [7, 11) is 2.08. The molecule has 1 heterocycles. The van der Waals surface area contributed by atoms with Gasteiger partial charge in [0.2, 0.25) is 0 Å². The highest BCUT2D eigenvalue weighted by Gasteiger charge is 2.06. The summed E-state index contributed by atoms with van der Waals surface area (Å²) in [5, 5.41) is 8.67. The van der Waals surface area contributed by atoms with Gasteiger partial charge in [-0.25, -0.2) is 9.98 Å². The first kappa shape index (κ1) is 6.33. The molecule has 9 heavy (non-hydrogen) atoms. The van der Waals surface area contributed by atoms with E-state index in [1.807, 2.05) is 0 Å². The summed E-state index contributed by atoms with van der Waals surface area (Å²) in [4.78, 5) is 7.42. The van der Waals surface area contributed by atoms with Crippen molar-refractivity contribution in [1.29, 1.82) is 0 Å². The minimum absolute atomic E-state index is 0.0836. The summed E-state index contributed by atoms with van der Waals surface area (Å²) in [5.41, 5.74) is 0. The van der Waals surface area contributed by atoms with Gasteiger partial charge >= 0.3 is 6.02 Å². The lowest BCUT2D eigenvalue weighted by molar-refractivity contribution is 0.531. The Balaban J connectivity index is 2.48. The van der Waals surface area contributed by atoms with E-state index in [1.165, 1.54) is 0 Å². The van der Waals surface area contributed by atoms with E-state index in [2.05, 4.69) is 17.8 Å². The minimum atomic E-state index is -0.0836. The molecule has 1 unspecified atom stereocenters. The molecule has 0 fully saturated rings. The first-order valence-electron chi connectivity index (χ1n) is 3.10. The second-order valence-corrected chi connectivity index (χ2v) is 2.09. The maximum absolute atomic E-state index is 8.67. The van der Waals surface area contributed by atoms with E-state index in [4.69, 9.17) is 5.11 Å². The molecule has 0 amide bonds. The third-order valence-electron chi connectivity index (χ3n) is 1.39. The highest BCUT2D eigenvalue weighted by molar-refractivity contribution is 6.10. The zero-order valence-electron chi connectivity index (χ0n) is 5.41. The first-order valence-corrected chi connectivity index (χ1v) is 3.10. The normalized spacial score (nSPS) is 25.8. The van der Waals surface area contributed by atoms with Gasteiger partial charge in [-0.3, -0.25) is 0 Å². The largest absolute Gasteiger partial charge is 0.479 e. The van der Waals surface area contributed by atoms with Gasteiger partial charge in [-0.1, -0.05) is 6.32 Å². The van der Waals surface area contributed by atoms with Crippen LogP contribution in [0.2, 0.25) is 6.32 Å². The van der Waals surface area contributed by atoms with Crippen molar-refractivity contribution in [2.24, 2.45) is 15.9 Å². The predicted octanol–water partition coefficient (Wildman–Crippen LogP) is -0.348.